The minimum atomic E-state index is -4.50. The van der Waals surface area contributed by atoms with Crippen molar-refractivity contribution in [1.29, 1.82) is 0 Å². The van der Waals surface area contributed by atoms with E-state index in [2.05, 4.69) is 10.3 Å². The molecule has 6 nitrogen and oxygen atoms in total. The van der Waals surface area contributed by atoms with E-state index in [1.54, 1.807) is 0 Å². The molecule has 0 radical (unpaired) electrons. The highest BCUT2D eigenvalue weighted by atomic mass is 19.4. The number of aromatic hydroxyl groups is 1. The maximum absolute atomic E-state index is 12.8. The van der Waals surface area contributed by atoms with Gasteiger partial charge in [0.2, 0.25) is 5.91 Å². The Labute approximate surface area is 140 Å². The minimum absolute atomic E-state index is 0.176. The molecular formula is C16H14F3N3O3. The Morgan fingerprint density at radius 2 is 1.92 bits per heavy atom. The normalized spacial score (nSPS) is 12.5. The molecule has 132 valence electrons. The molecule has 1 aromatic carbocycles. The van der Waals surface area contributed by atoms with E-state index in [0.29, 0.717) is 0 Å². The van der Waals surface area contributed by atoms with E-state index in [1.165, 1.54) is 19.1 Å². The summed E-state index contributed by atoms with van der Waals surface area (Å²) in [6, 6.07) is 4.61. The van der Waals surface area contributed by atoms with Crippen molar-refractivity contribution in [2.45, 2.75) is 19.1 Å². The van der Waals surface area contributed by atoms with Crippen molar-refractivity contribution in [2.24, 2.45) is 5.73 Å². The molecule has 0 bridgehead atoms. The van der Waals surface area contributed by atoms with Crippen molar-refractivity contribution < 1.29 is 27.9 Å². The van der Waals surface area contributed by atoms with Gasteiger partial charge in [-0.15, -0.1) is 0 Å². The molecule has 1 heterocycles. The molecule has 0 aliphatic rings. The van der Waals surface area contributed by atoms with Crippen LogP contribution in [0.2, 0.25) is 0 Å². The Morgan fingerprint density at radius 1 is 1.24 bits per heavy atom. The second-order valence-electron chi connectivity index (χ2n) is 5.27. The molecule has 2 rings (SSSR count). The van der Waals surface area contributed by atoms with Crippen LogP contribution in [0.3, 0.4) is 0 Å². The molecule has 2 aromatic rings. The molecule has 0 saturated carbocycles. The molecule has 1 unspecified atom stereocenters. The average molecular weight is 353 g/mol. The lowest BCUT2D eigenvalue weighted by Gasteiger charge is -2.12. The number of nitrogens with one attached hydrogen (secondary N) is 1. The standard InChI is InChI=1S/C16H14F3N3O3/c1-8(14(20)24)22-15(25)13-12(23)6-10(7-21-13)9-3-2-4-11(5-9)16(17,18)19/h2-8,23H,1H3,(H2,20,24)(H,22,25). The van der Waals surface area contributed by atoms with Crippen molar-refractivity contribution >= 4 is 11.8 Å². The second-order valence-corrected chi connectivity index (χ2v) is 5.27. The van der Waals surface area contributed by atoms with E-state index in [4.69, 9.17) is 5.73 Å². The summed E-state index contributed by atoms with van der Waals surface area (Å²) in [5.41, 5.74) is 4.18. The van der Waals surface area contributed by atoms with Crippen LogP contribution in [0, 0.1) is 0 Å². The Morgan fingerprint density at radius 3 is 2.48 bits per heavy atom. The molecule has 1 atom stereocenters. The summed E-state index contributed by atoms with van der Waals surface area (Å²) in [7, 11) is 0. The lowest BCUT2D eigenvalue weighted by molar-refractivity contribution is -0.137. The van der Waals surface area contributed by atoms with E-state index in [1.807, 2.05) is 0 Å². The van der Waals surface area contributed by atoms with E-state index in [0.717, 1.165) is 24.4 Å². The van der Waals surface area contributed by atoms with Gasteiger partial charge in [-0.1, -0.05) is 12.1 Å². The van der Waals surface area contributed by atoms with Crippen LogP contribution in [-0.2, 0) is 11.0 Å². The number of nitrogens with zero attached hydrogens (tertiary/aromatic N) is 1. The van der Waals surface area contributed by atoms with Crippen LogP contribution in [0.1, 0.15) is 23.0 Å². The van der Waals surface area contributed by atoms with Gasteiger partial charge in [-0.05, 0) is 30.7 Å². The molecule has 0 spiro atoms. The van der Waals surface area contributed by atoms with Crippen LogP contribution in [0.25, 0.3) is 11.1 Å². The first-order chi connectivity index (χ1) is 11.6. The second kappa shape index (κ2) is 6.80. The summed E-state index contributed by atoms with van der Waals surface area (Å²) in [5, 5.41) is 12.2. The zero-order valence-electron chi connectivity index (χ0n) is 13.0. The summed E-state index contributed by atoms with van der Waals surface area (Å²) in [6.45, 7) is 1.36. The highest BCUT2D eigenvalue weighted by Gasteiger charge is 2.30. The van der Waals surface area contributed by atoms with Crippen molar-refractivity contribution in [1.82, 2.24) is 10.3 Å². The maximum Gasteiger partial charge on any atom is 0.416 e. The minimum Gasteiger partial charge on any atom is -0.505 e. The van der Waals surface area contributed by atoms with Crippen LogP contribution in [0.15, 0.2) is 36.5 Å². The molecule has 4 N–H and O–H groups in total. The monoisotopic (exact) mass is 353 g/mol. The Bertz CT molecular complexity index is 822. The molecule has 25 heavy (non-hydrogen) atoms. The number of hydrogen-bond acceptors (Lipinski definition) is 4. The number of alkyl halides is 3. The van der Waals surface area contributed by atoms with Crippen molar-refractivity contribution in [3.05, 3.63) is 47.8 Å². The van der Waals surface area contributed by atoms with Gasteiger partial charge in [0.25, 0.3) is 5.91 Å². The molecule has 0 saturated heterocycles. The van der Waals surface area contributed by atoms with Crippen molar-refractivity contribution in [3.8, 4) is 16.9 Å². The number of carbonyl (C=O) groups excluding carboxylic acids is 2. The van der Waals surface area contributed by atoms with Crippen LogP contribution in [0.4, 0.5) is 13.2 Å². The molecule has 0 aliphatic heterocycles. The maximum atomic E-state index is 12.8. The van der Waals surface area contributed by atoms with Gasteiger partial charge in [0.1, 0.15) is 11.8 Å². The van der Waals surface area contributed by atoms with E-state index >= 15 is 0 Å². The van der Waals surface area contributed by atoms with E-state index in [9.17, 15) is 27.9 Å². The van der Waals surface area contributed by atoms with Gasteiger partial charge in [-0.25, -0.2) is 4.98 Å². The molecule has 0 fully saturated rings. The number of carbonyl (C=O) groups is 2. The summed E-state index contributed by atoms with van der Waals surface area (Å²) in [4.78, 5) is 26.6. The molecular weight excluding hydrogens is 339 g/mol. The van der Waals surface area contributed by atoms with Gasteiger partial charge in [0.05, 0.1) is 5.56 Å². The predicted molar refractivity (Wildman–Crippen MR) is 82.5 cm³/mol. The largest absolute Gasteiger partial charge is 0.505 e. The lowest BCUT2D eigenvalue weighted by atomic mass is 10.0. The zero-order chi connectivity index (χ0) is 18.8. The number of hydrogen-bond donors (Lipinski definition) is 3. The van der Waals surface area contributed by atoms with Crippen LogP contribution >= 0.6 is 0 Å². The first-order valence-corrected chi connectivity index (χ1v) is 7.06. The topological polar surface area (TPSA) is 105 Å². The Balaban J connectivity index is 2.31. The van der Waals surface area contributed by atoms with Gasteiger partial charge in [-0.3, -0.25) is 9.59 Å². The molecule has 0 aliphatic carbocycles. The number of rotatable bonds is 4. The van der Waals surface area contributed by atoms with Crippen LogP contribution in [-0.4, -0.2) is 27.9 Å². The Hall–Kier alpha value is -3.10. The lowest BCUT2D eigenvalue weighted by Crippen LogP contribution is -2.42. The molecule has 9 heteroatoms. The first-order valence-electron chi connectivity index (χ1n) is 7.06. The van der Waals surface area contributed by atoms with Crippen LogP contribution in [0.5, 0.6) is 5.75 Å². The predicted octanol–water partition coefficient (Wildman–Crippen LogP) is 2.08. The third-order valence-electron chi connectivity index (χ3n) is 3.38. The number of nitrogens with two attached hydrogens (primary N) is 1. The fourth-order valence-corrected chi connectivity index (χ4v) is 2.00. The number of amides is 2. The number of benzene rings is 1. The molecule has 1 aromatic heterocycles. The summed E-state index contributed by atoms with van der Waals surface area (Å²) in [6.07, 6.45) is -3.35. The average Bonchev–Trinajstić information content (AvgIpc) is 2.53. The van der Waals surface area contributed by atoms with Crippen molar-refractivity contribution in [2.75, 3.05) is 0 Å². The number of aromatic nitrogens is 1. The fraction of sp³-hybridized carbons (Fsp3) is 0.188. The highest BCUT2D eigenvalue weighted by molar-refractivity contribution is 5.98. The summed E-state index contributed by atoms with van der Waals surface area (Å²) in [5.74, 6) is -2.14. The highest BCUT2D eigenvalue weighted by Crippen LogP contribution is 2.33. The Kier molecular flexibility index (Phi) is 4.96. The SMILES string of the molecule is CC(NC(=O)c1ncc(-c2cccc(C(F)(F)F)c2)cc1O)C(N)=O. The summed E-state index contributed by atoms with van der Waals surface area (Å²) >= 11 is 0. The first kappa shape index (κ1) is 18.2. The fourth-order valence-electron chi connectivity index (χ4n) is 2.00. The van der Waals surface area contributed by atoms with Crippen molar-refractivity contribution in [3.63, 3.8) is 0 Å². The smallest absolute Gasteiger partial charge is 0.416 e. The summed E-state index contributed by atoms with van der Waals surface area (Å²) < 4.78 is 38.3. The van der Waals surface area contributed by atoms with Gasteiger partial charge in [0, 0.05) is 11.8 Å². The van der Waals surface area contributed by atoms with Gasteiger partial charge in [-0.2, -0.15) is 13.2 Å². The number of halogens is 3. The third-order valence-corrected chi connectivity index (χ3v) is 3.38. The third kappa shape index (κ3) is 4.25. The van der Waals surface area contributed by atoms with E-state index < -0.39 is 35.3 Å². The van der Waals surface area contributed by atoms with Gasteiger partial charge in [0.15, 0.2) is 5.69 Å². The number of primary amides is 1. The van der Waals surface area contributed by atoms with Crippen LogP contribution < -0.4 is 11.1 Å². The van der Waals surface area contributed by atoms with Gasteiger partial charge < -0.3 is 16.2 Å². The quantitative estimate of drug-likeness (QED) is 0.782. The zero-order valence-corrected chi connectivity index (χ0v) is 13.0. The van der Waals surface area contributed by atoms with E-state index in [-0.39, 0.29) is 16.8 Å². The number of pyridine rings is 1. The molecule has 2 amide bonds. The van der Waals surface area contributed by atoms with Gasteiger partial charge >= 0.3 is 6.18 Å².